The van der Waals surface area contributed by atoms with Crippen molar-refractivity contribution in [3.05, 3.63) is 30.1 Å². The van der Waals surface area contributed by atoms with Gasteiger partial charge in [-0.3, -0.25) is 9.69 Å². The average Bonchev–Trinajstić information content (AvgIpc) is 2.91. The van der Waals surface area contributed by atoms with Crippen molar-refractivity contribution in [2.45, 2.75) is 20.3 Å². The molecule has 1 aliphatic rings. The van der Waals surface area contributed by atoms with Crippen molar-refractivity contribution in [2.75, 3.05) is 44.2 Å². The molecule has 0 radical (unpaired) electrons. The quantitative estimate of drug-likeness (QED) is 0.750. The second kappa shape index (κ2) is 8.06. The molecule has 0 N–H and O–H groups in total. The maximum Gasteiger partial charge on any atom is 0.320 e. The molecular formula is C17H24N6O2. The highest BCUT2D eigenvalue weighted by Crippen LogP contribution is 2.14. The van der Waals surface area contributed by atoms with Crippen molar-refractivity contribution in [1.82, 2.24) is 24.9 Å². The molecule has 3 heterocycles. The zero-order chi connectivity index (χ0) is 17.6. The number of carbonyl (C=O) groups is 1. The third-order valence-corrected chi connectivity index (χ3v) is 4.16. The molecule has 1 aliphatic heterocycles. The molecule has 0 aliphatic carbocycles. The highest BCUT2D eigenvalue weighted by atomic mass is 16.5. The Labute approximate surface area is 147 Å². The van der Waals surface area contributed by atoms with E-state index in [4.69, 9.17) is 4.74 Å². The third kappa shape index (κ3) is 4.54. The molecule has 1 saturated heterocycles. The van der Waals surface area contributed by atoms with E-state index >= 15 is 0 Å². The molecule has 0 bridgehead atoms. The monoisotopic (exact) mass is 344 g/mol. The summed E-state index contributed by atoms with van der Waals surface area (Å²) in [5.74, 6) is 1.40. The fourth-order valence-electron chi connectivity index (χ4n) is 2.90. The summed E-state index contributed by atoms with van der Waals surface area (Å²) in [5, 5.41) is 13.0. The molecule has 0 spiro atoms. The van der Waals surface area contributed by atoms with E-state index in [1.54, 1.807) is 4.68 Å². The lowest BCUT2D eigenvalue weighted by Gasteiger charge is -2.21. The van der Waals surface area contributed by atoms with Gasteiger partial charge in [0.2, 0.25) is 0 Å². The van der Waals surface area contributed by atoms with Crippen LogP contribution in [-0.4, -0.2) is 70.2 Å². The second-order valence-electron chi connectivity index (χ2n) is 6.07. The smallest absolute Gasteiger partial charge is 0.320 e. The molecule has 8 heteroatoms. The van der Waals surface area contributed by atoms with Gasteiger partial charge in [0, 0.05) is 32.4 Å². The van der Waals surface area contributed by atoms with E-state index in [9.17, 15) is 4.79 Å². The van der Waals surface area contributed by atoms with Crippen LogP contribution in [0.3, 0.4) is 0 Å². The lowest BCUT2D eigenvalue weighted by Crippen LogP contribution is -2.35. The molecular weight excluding hydrogens is 320 g/mol. The molecule has 8 nitrogen and oxygen atoms in total. The average molecular weight is 344 g/mol. The number of ether oxygens (including phenoxy) is 1. The molecule has 0 atom stereocenters. The van der Waals surface area contributed by atoms with Crippen LogP contribution >= 0.6 is 0 Å². The van der Waals surface area contributed by atoms with Crippen LogP contribution in [0, 0.1) is 6.92 Å². The number of hydrogen-bond acceptors (Lipinski definition) is 7. The zero-order valence-corrected chi connectivity index (χ0v) is 14.8. The van der Waals surface area contributed by atoms with E-state index in [2.05, 4.69) is 25.1 Å². The first kappa shape index (κ1) is 17.3. The van der Waals surface area contributed by atoms with E-state index in [1.807, 2.05) is 38.2 Å². The standard InChI is InChI=1S/C17H24N6O2/c1-3-25-17(24)13-21-8-4-9-22(12-11-21)15-5-6-16(19-18-15)23-10-7-14(2)20-23/h5-7,10H,3-4,8-9,11-13H2,1-2H3. The number of hydrogen-bond donors (Lipinski definition) is 0. The summed E-state index contributed by atoms with van der Waals surface area (Å²) in [4.78, 5) is 16.0. The molecule has 0 amide bonds. The van der Waals surface area contributed by atoms with Crippen LogP contribution in [0.2, 0.25) is 0 Å². The first-order valence-corrected chi connectivity index (χ1v) is 8.65. The lowest BCUT2D eigenvalue weighted by molar-refractivity contribution is -0.144. The van der Waals surface area contributed by atoms with E-state index in [1.165, 1.54) is 0 Å². The Kier molecular flexibility index (Phi) is 5.60. The number of esters is 1. The van der Waals surface area contributed by atoms with Gasteiger partial charge >= 0.3 is 5.97 Å². The van der Waals surface area contributed by atoms with Crippen LogP contribution in [0.25, 0.3) is 5.82 Å². The minimum atomic E-state index is -0.158. The van der Waals surface area contributed by atoms with Crippen molar-refractivity contribution in [3.63, 3.8) is 0 Å². The molecule has 0 unspecified atom stereocenters. The summed E-state index contributed by atoms with van der Waals surface area (Å²) >= 11 is 0. The number of rotatable bonds is 5. The fourth-order valence-corrected chi connectivity index (χ4v) is 2.90. The van der Waals surface area contributed by atoms with Gasteiger partial charge < -0.3 is 9.64 Å². The van der Waals surface area contributed by atoms with Gasteiger partial charge in [0.1, 0.15) is 0 Å². The van der Waals surface area contributed by atoms with Crippen LogP contribution in [0.15, 0.2) is 24.4 Å². The van der Waals surface area contributed by atoms with Crippen LogP contribution in [-0.2, 0) is 9.53 Å². The Morgan fingerprint density at radius 1 is 1.12 bits per heavy atom. The predicted octanol–water partition coefficient (Wildman–Crippen LogP) is 1.05. The van der Waals surface area contributed by atoms with Crippen molar-refractivity contribution in [1.29, 1.82) is 0 Å². The van der Waals surface area contributed by atoms with Crippen LogP contribution in [0.5, 0.6) is 0 Å². The number of anilines is 1. The van der Waals surface area contributed by atoms with Crippen molar-refractivity contribution in [2.24, 2.45) is 0 Å². The molecule has 2 aromatic rings. The summed E-state index contributed by atoms with van der Waals surface area (Å²) in [6.45, 7) is 7.95. The van der Waals surface area contributed by atoms with Gasteiger partial charge in [0.25, 0.3) is 0 Å². The van der Waals surface area contributed by atoms with E-state index in [0.717, 1.165) is 44.1 Å². The minimum Gasteiger partial charge on any atom is -0.465 e. The van der Waals surface area contributed by atoms with E-state index < -0.39 is 0 Å². The minimum absolute atomic E-state index is 0.158. The summed E-state index contributed by atoms with van der Waals surface area (Å²) < 4.78 is 6.75. The van der Waals surface area contributed by atoms with Gasteiger partial charge in [0.15, 0.2) is 11.6 Å². The Balaban J connectivity index is 1.60. The zero-order valence-electron chi connectivity index (χ0n) is 14.8. The first-order chi connectivity index (χ1) is 12.2. The highest BCUT2D eigenvalue weighted by Gasteiger charge is 2.18. The van der Waals surface area contributed by atoms with Crippen molar-refractivity contribution >= 4 is 11.8 Å². The Morgan fingerprint density at radius 3 is 2.60 bits per heavy atom. The lowest BCUT2D eigenvalue weighted by atomic mass is 10.3. The number of aryl methyl sites for hydroxylation is 1. The molecule has 2 aromatic heterocycles. The van der Waals surface area contributed by atoms with Gasteiger partial charge in [-0.1, -0.05) is 0 Å². The predicted molar refractivity (Wildman–Crippen MR) is 93.8 cm³/mol. The van der Waals surface area contributed by atoms with Crippen LogP contribution in [0.4, 0.5) is 5.82 Å². The third-order valence-electron chi connectivity index (χ3n) is 4.16. The molecule has 0 saturated carbocycles. The molecule has 3 rings (SSSR count). The molecule has 25 heavy (non-hydrogen) atoms. The van der Waals surface area contributed by atoms with Gasteiger partial charge in [-0.05, 0) is 38.5 Å². The number of aromatic nitrogens is 4. The van der Waals surface area contributed by atoms with Gasteiger partial charge in [-0.25, -0.2) is 4.68 Å². The molecule has 134 valence electrons. The Hall–Kier alpha value is -2.48. The van der Waals surface area contributed by atoms with Gasteiger partial charge in [0.05, 0.1) is 18.8 Å². The van der Waals surface area contributed by atoms with Crippen molar-refractivity contribution < 1.29 is 9.53 Å². The summed E-state index contributed by atoms with van der Waals surface area (Å²) in [5.41, 5.74) is 0.945. The topological polar surface area (TPSA) is 76.4 Å². The molecule has 0 aromatic carbocycles. The maximum atomic E-state index is 11.6. The number of nitrogens with zero attached hydrogens (tertiary/aromatic N) is 6. The Bertz CT molecular complexity index is 699. The Morgan fingerprint density at radius 2 is 1.92 bits per heavy atom. The van der Waals surface area contributed by atoms with Crippen LogP contribution in [0.1, 0.15) is 19.0 Å². The van der Waals surface area contributed by atoms with Crippen molar-refractivity contribution in [3.8, 4) is 5.82 Å². The van der Waals surface area contributed by atoms with Crippen LogP contribution < -0.4 is 4.90 Å². The largest absolute Gasteiger partial charge is 0.465 e. The SMILES string of the molecule is CCOC(=O)CN1CCCN(c2ccc(-n3ccc(C)n3)nn2)CC1. The summed E-state index contributed by atoms with van der Waals surface area (Å²) in [6, 6.07) is 5.83. The highest BCUT2D eigenvalue weighted by molar-refractivity contribution is 5.71. The number of carbonyl (C=O) groups excluding carboxylic acids is 1. The normalized spacial score (nSPS) is 15.8. The fraction of sp³-hybridized carbons (Fsp3) is 0.529. The molecule has 1 fully saturated rings. The van der Waals surface area contributed by atoms with Gasteiger partial charge in [-0.2, -0.15) is 5.10 Å². The maximum absolute atomic E-state index is 11.6. The first-order valence-electron chi connectivity index (χ1n) is 8.65. The van der Waals surface area contributed by atoms with E-state index in [0.29, 0.717) is 19.0 Å². The summed E-state index contributed by atoms with van der Waals surface area (Å²) in [7, 11) is 0. The summed E-state index contributed by atoms with van der Waals surface area (Å²) in [6.07, 6.45) is 2.85. The second-order valence-corrected chi connectivity index (χ2v) is 6.07. The van der Waals surface area contributed by atoms with Gasteiger partial charge in [-0.15, -0.1) is 10.2 Å². The van der Waals surface area contributed by atoms with E-state index in [-0.39, 0.29) is 5.97 Å².